The highest BCUT2D eigenvalue weighted by Crippen LogP contribution is 2.17. The zero-order valence-corrected chi connectivity index (χ0v) is 11.8. The number of methoxy groups -OCH3 is 1. The van der Waals surface area contributed by atoms with E-state index in [2.05, 4.69) is 4.74 Å². The minimum Gasteiger partial charge on any atom is -0.497 e. The smallest absolute Gasteiger partial charge is 0.387 e. The molecule has 22 heavy (non-hydrogen) atoms. The molecule has 4 nitrogen and oxygen atoms in total. The predicted molar refractivity (Wildman–Crippen MR) is 75.2 cm³/mol. The fourth-order valence-corrected chi connectivity index (χ4v) is 1.77. The third-order valence-electron chi connectivity index (χ3n) is 2.82. The Balaban J connectivity index is 1.94. The van der Waals surface area contributed by atoms with Gasteiger partial charge < -0.3 is 14.2 Å². The van der Waals surface area contributed by atoms with Crippen molar-refractivity contribution in [2.75, 3.05) is 7.11 Å². The maximum absolute atomic E-state index is 12.0. The molecule has 0 atom stereocenters. The van der Waals surface area contributed by atoms with Gasteiger partial charge in [-0.3, -0.25) is 0 Å². The van der Waals surface area contributed by atoms with Crippen molar-refractivity contribution in [1.82, 2.24) is 0 Å². The zero-order valence-electron chi connectivity index (χ0n) is 11.8. The SMILES string of the molecule is COc1cccc(COC(=O)c2ccc(OC(F)F)cc2)c1. The van der Waals surface area contributed by atoms with Crippen molar-refractivity contribution in [3.63, 3.8) is 0 Å². The summed E-state index contributed by atoms with van der Waals surface area (Å²) in [5, 5.41) is 0. The van der Waals surface area contributed by atoms with Gasteiger partial charge in [0.1, 0.15) is 18.1 Å². The summed E-state index contributed by atoms with van der Waals surface area (Å²) in [5.41, 5.74) is 1.04. The lowest BCUT2D eigenvalue weighted by Gasteiger charge is -2.08. The maximum Gasteiger partial charge on any atom is 0.387 e. The van der Waals surface area contributed by atoms with E-state index >= 15 is 0 Å². The molecule has 0 bridgehead atoms. The van der Waals surface area contributed by atoms with Crippen LogP contribution in [0.4, 0.5) is 8.78 Å². The number of carbonyl (C=O) groups is 1. The summed E-state index contributed by atoms with van der Waals surface area (Å²) in [6.45, 7) is -2.81. The molecule has 0 aliphatic heterocycles. The molecule has 0 aliphatic carbocycles. The minimum absolute atomic E-state index is 0.0145. The Morgan fingerprint density at radius 2 is 1.82 bits per heavy atom. The molecule has 2 aromatic rings. The number of hydrogen-bond acceptors (Lipinski definition) is 4. The van der Waals surface area contributed by atoms with Crippen molar-refractivity contribution in [1.29, 1.82) is 0 Å². The number of benzene rings is 2. The molecule has 0 N–H and O–H groups in total. The number of halogens is 2. The van der Waals surface area contributed by atoms with Gasteiger partial charge in [0.15, 0.2) is 0 Å². The molecule has 2 rings (SSSR count). The van der Waals surface area contributed by atoms with Crippen LogP contribution >= 0.6 is 0 Å². The summed E-state index contributed by atoms with van der Waals surface area (Å²) < 4.78 is 38.5. The number of hydrogen-bond donors (Lipinski definition) is 0. The van der Waals surface area contributed by atoms with Gasteiger partial charge in [-0.1, -0.05) is 12.1 Å². The normalized spacial score (nSPS) is 10.4. The molecule has 0 saturated carbocycles. The highest BCUT2D eigenvalue weighted by atomic mass is 19.3. The maximum atomic E-state index is 12.0. The van der Waals surface area contributed by atoms with Crippen LogP contribution in [0.1, 0.15) is 15.9 Å². The second-order valence-corrected chi connectivity index (χ2v) is 4.33. The van der Waals surface area contributed by atoms with Crippen LogP contribution in [0, 0.1) is 0 Å². The third-order valence-corrected chi connectivity index (χ3v) is 2.82. The molecule has 0 heterocycles. The number of alkyl halides is 2. The van der Waals surface area contributed by atoms with Crippen molar-refractivity contribution in [3.05, 3.63) is 59.7 Å². The summed E-state index contributed by atoms with van der Waals surface area (Å²) in [5.74, 6) is 0.104. The number of ether oxygens (including phenoxy) is 3. The second kappa shape index (κ2) is 7.40. The molecular formula is C16H14F2O4. The van der Waals surface area contributed by atoms with E-state index in [-0.39, 0.29) is 17.9 Å². The minimum atomic E-state index is -2.90. The van der Waals surface area contributed by atoms with Crippen molar-refractivity contribution >= 4 is 5.97 Å². The van der Waals surface area contributed by atoms with Crippen LogP contribution in [0.25, 0.3) is 0 Å². The molecule has 0 saturated heterocycles. The van der Waals surface area contributed by atoms with Gasteiger partial charge >= 0.3 is 12.6 Å². The topological polar surface area (TPSA) is 44.8 Å². The average Bonchev–Trinajstić information content (AvgIpc) is 2.53. The first kappa shape index (κ1) is 15.8. The van der Waals surface area contributed by atoms with E-state index in [1.807, 2.05) is 0 Å². The monoisotopic (exact) mass is 308 g/mol. The van der Waals surface area contributed by atoms with E-state index in [0.29, 0.717) is 5.75 Å². The molecule has 0 unspecified atom stereocenters. The number of esters is 1. The Labute approximate surface area is 126 Å². The standard InChI is InChI=1S/C16H14F2O4/c1-20-14-4-2-3-11(9-14)10-21-15(19)12-5-7-13(8-6-12)22-16(17)18/h2-9,16H,10H2,1H3. The number of rotatable bonds is 6. The van der Waals surface area contributed by atoms with Crippen LogP contribution in [0.5, 0.6) is 11.5 Å². The van der Waals surface area contributed by atoms with E-state index in [0.717, 1.165) is 5.56 Å². The lowest BCUT2D eigenvalue weighted by Crippen LogP contribution is -2.06. The molecular weight excluding hydrogens is 294 g/mol. The first-order valence-corrected chi connectivity index (χ1v) is 6.43. The summed E-state index contributed by atoms with van der Waals surface area (Å²) in [7, 11) is 1.55. The highest BCUT2D eigenvalue weighted by molar-refractivity contribution is 5.89. The molecule has 0 spiro atoms. The van der Waals surface area contributed by atoms with E-state index in [4.69, 9.17) is 9.47 Å². The molecule has 116 valence electrons. The van der Waals surface area contributed by atoms with E-state index in [1.165, 1.54) is 24.3 Å². The number of carbonyl (C=O) groups excluding carboxylic acids is 1. The average molecular weight is 308 g/mol. The van der Waals surface area contributed by atoms with Crippen molar-refractivity contribution < 1.29 is 27.8 Å². The first-order valence-electron chi connectivity index (χ1n) is 6.43. The van der Waals surface area contributed by atoms with Gasteiger partial charge in [-0.25, -0.2) is 4.79 Å². The molecule has 0 aliphatic rings. The molecule has 0 radical (unpaired) electrons. The van der Waals surface area contributed by atoms with E-state index < -0.39 is 12.6 Å². The van der Waals surface area contributed by atoms with E-state index in [9.17, 15) is 13.6 Å². The van der Waals surface area contributed by atoms with Crippen LogP contribution in [0.15, 0.2) is 48.5 Å². The van der Waals surface area contributed by atoms with Gasteiger partial charge in [-0.05, 0) is 42.0 Å². The van der Waals surface area contributed by atoms with Crippen LogP contribution in [-0.2, 0) is 11.3 Å². The Hall–Kier alpha value is -2.63. The van der Waals surface area contributed by atoms with Gasteiger partial charge in [0.2, 0.25) is 0 Å². The first-order chi connectivity index (χ1) is 10.6. The third kappa shape index (κ3) is 4.44. The van der Waals surface area contributed by atoms with Crippen LogP contribution in [0.3, 0.4) is 0 Å². The molecule has 2 aromatic carbocycles. The highest BCUT2D eigenvalue weighted by Gasteiger charge is 2.09. The van der Waals surface area contributed by atoms with Crippen molar-refractivity contribution in [2.24, 2.45) is 0 Å². The van der Waals surface area contributed by atoms with Crippen LogP contribution in [0.2, 0.25) is 0 Å². The Bertz CT molecular complexity index is 626. The van der Waals surface area contributed by atoms with Gasteiger partial charge in [-0.2, -0.15) is 8.78 Å². The van der Waals surface area contributed by atoms with Gasteiger partial charge in [0.25, 0.3) is 0 Å². The molecule has 6 heteroatoms. The van der Waals surface area contributed by atoms with Gasteiger partial charge in [0.05, 0.1) is 12.7 Å². The lowest BCUT2D eigenvalue weighted by molar-refractivity contribution is -0.0498. The second-order valence-electron chi connectivity index (χ2n) is 4.33. The molecule has 0 fully saturated rings. The van der Waals surface area contributed by atoms with Crippen LogP contribution < -0.4 is 9.47 Å². The van der Waals surface area contributed by atoms with Crippen molar-refractivity contribution in [3.8, 4) is 11.5 Å². The lowest BCUT2D eigenvalue weighted by atomic mass is 10.2. The summed E-state index contributed by atoms with van der Waals surface area (Å²) in [4.78, 5) is 11.9. The largest absolute Gasteiger partial charge is 0.497 e. The Morgan fingerprint density at radius 1 is 1.09 bits per heavy atom. The fraction of sp³-hybridized carbons (Fsp3) is 0.188. The predicted octanol–water partition coefficient (Wildman–Crippen LogP) is 3.65. The summed E-state index contributed by atoms with van der Waals surface area (Å²) in [6.07, 6.45) is 0. The molecule has 0 aromatic heterocycles. The fourth-order valence-electron chi connectivity index (χ4n) is 1.77. The summed E-state index contributed by atoms with van der Waals surface area (Å²) in [6, 6.07) is 12.4. The van der Waals surface area contributed by atoms with Gasteiger partial charge in [-0.15, -0.1) is 0 Å². The van der Waals surface area contributed by atoms with Crippen LogP contribution in [-0.4, -0.2) is 19.7 Å². The Kier molecular flexibility index (Phi) is 5.30. The van der Waals surface area contributed by atoms with Crippen molar-refractivity contribution in [2.45, 2.75) is 13.2 Å². The molecule has 0 amide bonds. The van der Waals surface area contributed by atoms with Gasteiger partial charge in [0, 0.05) is 0 Å². The summed E-state index contributed by atoms with van der Waals surface area (Å²) >= 11 is 0. The Morgan fingerprint density at radius 3 is 2.45 bits per heavy atom. The quantitative estimate of drug-likeness (QED) is 0.764. The van der Waals surface area contributed by atoms with E-state index in [1.54, 1.807) is 31.4 Å². The zero-order chi connectivity index (χ0) is 15.9.